The number of rotatable bonds is 5. The summed E-state index contributed by atoms with van der Waals surface area (Å²) in [5, 5.41) is 12.1. The Labute approximate surface area is 148 Å². The number of hydrogen-bond donors (Lipinski definition) is 1. The molecule has 0 fully saturated rings. The third kappa shape index (κ3) is 3.93. The second-order valence-corrected chi connectivity index (χ2v) is 5.93. The maximum atomic E-state index is 11.9. The van der Waals surface area contributed by atoms with Crippen LogP contribution in [0.15, 0.2) is 48.7 Å². The average Bonchev–Trinajstić information content (AvgIpc) is 2.97. The Morgan fingerprint density at radius 2 is 2.08 bits per heavy atom. The van der Waals surface area contributed by atoms with Crippen LogP contribution < -0.4 is 5.32 Å². The van der Waals surface area contributed by atoms with E-state index < -0.39 is 0 Å². The number of nitrogens with one attached hydrogen (secondary N) is 1. The zero-order valence-corrected chi connectivity index (χ0v) is 14.1. The Balaban J connectivity index is 1.55. The van der Waals surface area contributed by atoms with Gasteiger partial charge in [0, 0.05) is 35.3 Å². The standard InChI is InChI=1S/C17H14Cl2N4O/c18-13-6-4-12(14(19)11-13)5-7-17(24)20-9-8-16-22-21-15-3-1-2-10-23(15)16/h1-7,10-11H,8-9H2,(H,20,24)/b7-5+. The molecule has 0 bridgehead atoms. The van der Waals surface area contributed by atoms with E-state index >= 15 is 0 Å². The number of carbonyl (C=O) groups excluding carboxylic acids is 1. The summed E-state index contributed by atoms with van der Waals surface area (Å²) in [7, 11) is 0. The number of halogens is 2. The molecule has 3 rings (SSSR count). The smallest absolute Gasteiger partial charge is 0.244 e. The fourth-order valence-corrected chi connectivity index (χ4v) is 2.69. The van der Waals surface area contributed by atoms with Crippen LogP contribution in [-0.4, -0.2) is 27.0 Å². The number of nitrogens with zero attached hydrogens (tertiary/aromatic N) is 3. The lowest BCUT2D eigenvalue weighted by Gasteiger charge is -2.02. The molecule has 0 saturated carbocycles. The van der Waals surface area contributed by atoms with Crippen molar-refractivity contribution in [3.63, 3.8) is 0 Å². The molecule has 0 aliphatic carbocycles. The van der Waals surface area contributed by atoms with E-state index in [0.717, 1.165) is 17.0 Å². The first-order valence-electron chi connectivity index (χ1n) is 7.33. The van der Waals surface area contributed by atoms with Gasteiger partial charge < -0.3 is 5.32 Å². The number of fused-ring (bicyclic) bond motifs is 1. The predicted molar refractivity (Wildman–Crippen MR) is 95.2 cm³/mol. The minimum Gasteiger partial charge on any atom is -0.352 e. The Hall–Kier alpha value is -2.37. The fraction of sp³-hybridized carbons (Fsp3) is 0.118. The molecule has 122 valence electrons. The molecular formula is C17H14Cl2N4O. The van der Waals surface area contributed by atoms with Crippen molar-refractivity contribution in [1.82, 2.24) is 19.9 Å². The van der Waals surface area contributed by atoms with Crippen molar-refractivity contribution in [3.8, 4) is 0 Å². The molecule has 1 amide bonds. The van der Waals surface area contributed by atoms with Crippen LogP contribution in [0.1, 0.15) is 11.4 Å². The van der Waals surface area contributed by atoms with Gasteiger partial charge in [0.2, 0.25) is 5.91 Å². The third-order valence-electron chi connectivity index (χ3n) is 3.41. The minimum atomic E-state index is -0.199. The summed E-state index contributed by atoms with van der Waals surface area (Å²) < 4.78 is 1.90. The molecule has 0 unspecified atom stereocenters. The molecule has 1 N–H and O–H groups in total. The highest BCUT2D eigenvalue weighted by Gasteiger charge is 2.05. The first kappa shape index (κ1) is 16.5. The number of benzene rings is 1. The van der Waals surface area contributed by atoms with Crippen molar-refractivity contribution < 1.29 is 4.79 Å². The molecule has 7 heteroatoms. The summed E-state index contributed by atoms with van der Waals surface area (Å²) >= 11 is 11.9. The van der Waals surface area contributed by atoms with Crippen LogP contribution in [0.2, 0.25) is 10.0 Å². The maximum absolute atomic E-state index is 11.9. The van der Waals surface area contributed by atoms with E-state index in [1.807, 2.05) is 28.8 Å². The van der Waals surface area contributed by atoms with Crippen molar-refractivity contribution in [1.29, 1.82) is 0 Å². The number of pyridine rings is 1. The van der Waals surface area contributed by atoms with Gasteiger partial charge in [-0.25, -0.2) is 0 Å². The van der Waals surface area contributed by atoms with Crippen LogP contribution in [0.4, 0.5) is 0 Å². The van der Waals surface area contributed by atoms with E-state index in [1.54, 1.807) is 24.3 Å². The molecule has 24 heavy (non-hydrogen) atoms. The predicted octanol–water partition coefficient (Wildman–Crippen LogP) is 3.41. The molecule has 3 aromatic rings. The van der Waals surface area contributed by atoms with Gasteiger partial charge in [-0.05, 0) is 35.9 Å². The monoisotopic (exact) mass is 360 g/mol. The van der Waals surface area contributed by atoms with Crippen LogP contribution in [0.3, 0.4) is 0 Å². The van der Waals surface area contributed by atoms with Crippen molar-refractivity contribution in [3.05, 3.63) is 70.1 Å². The van der Waals surface area contributed by atoms with Gasteiger partial charge in [0.05, 0.1) is 0 Å². The molecule has 2 heterocycles. The normalized spacial score (nSPS) is 11.2. The van der Waals surface area contributed by atoms with Crippen molar-refractivity contribution in [2.24, 2.45) is 0 Å². The second kappa shape index (κ2) is 7.47. The molecule has 0 saturated heterocycles. The first-order valence-corrected chi connectivity index (χ1v) is 8.09. The van der Waals surface area contributed by atoms with Gasteiger partial charge in [0.1, 0.15) is 5.82 Å². The second-order valence-electron chi connectivity index (χ2n) is 5.09. The van der Waals surface area contributed by atoms with E-state index in [2.05, 4.69) is 15.5 Å². The number of amides is 1. The summed E-state index contributed by atoms with van der Waals surface area (Å²) in [5.74, 6) is 0.602. The third-order valence-corrected chi connectivity index (χ3v) is 3.97. The molecule has 2 aromatic heterocycles. The molecule has 0 aliphatic rings. The topological polar surface area (TPSA) is 59.3 Å². The molecule has 0 radical (unpaired) electrons. The van der Waals surface area contributed by atoms with Crippen LogP contribution in [0, 0.1) is 0 Å². The van der Waals surface area contributed by atoms with Crippen molar-refractivity contribution >= 4 is 40.8 Å². The lowest BCUT2D eigenvalue weighted by atomic mass is 10.2. The Bertz CT molecular complexity index is 904. The van der Waals surface area contributed by atoms with Gasteiger partial charge in [-0.3, -0.25) is 9.20 Å². The van der Waals surface area contributed by atoms with Crippen molar-refractivity contribution in [2.45, 2.75) is 6.42 Å². The van der Waals surface area contributed by atoms with Gasteiger partial charge >= 0.3 is 0 Å². The summed E-state index contributed by atoms with van der Waals surface area (Å²) in [6, 6.07) is 10.8. The Kier molecular flexibility index (Phi) is 5.13. The van der Waals surface area contributed by atoms with Gasteiger partial charge in [0.15, 0.2) is 5.65 Å². The van der Waals surface area contributed by atoms with Gasteiger partial charge in [-0.2, -0.15) is 0 Å². The van der Waals surface area contributed by atoms with E-state index in [0.29, 0.717) is 23.0 Å². The van der Waals surface area contributed by atoms with Crippen LogP contribution in [0.5, 0.6) is 0 Å². The van der Waals surface area contributed by atoms with Gasteiger partial charge in [-0.1, -0.05) is 35.3 Å². The highest BCUT2D eigenvalue weighted by Crippen LogP contribution is 2.21. The zero-order valence-electron chi connectivity index (χ0n) is 12.6. The number of hydrogen-bond acceptors (Lipinski definition) is 3. The van der Waals surface area contributed by atoms with E-state index in [1.165, 1.54) is 6.08 Å². The quantitative estimate of drug-likeness (QED) is 0.709. The minimum absolute atomic E-state index is 0.199. The van der Waals surface area contributed by atoms with Crippen molar-refractivity contribution in [2.75, 3.05) is 6.54 Å². The Morgan fingerprint density at radius 3 is 2.92 bits per heavy atom. The summed E-state index contributed by atoms with van der Waals surface area (Å²) in [4.78, 5) is 11.9. The average molecular weight is 361 g/mol. The summed E-state index contributed by atoms with van der Waals surface area (Å²) in [6.07, 6.45) is 5.58. The molecule has 5 nitrogen and oxygen atoms in total. The van der Waals surface area contributed by atoms with Crippen LogP contribution in [0.25, 0.3) is 11.7 Å². The summed E-state index contributed by atoms with van der Waals surface area (Å²) in [6.45, 7) is 0.465. The highest BCUT2D eigenvalue weighted by molar-refractivity contribution is 6.35. The zero-order chi connectivity index (χ0) is 16.9. The molecule has 0 aliphatic heterocycles. The van der Waals surface area contributed by atoms with E-state index in [4.69, 9.17) is 23.2 Å². The molecule has 0 spiro atoms. The number of aromatic nitrogens is 3. The van der Waals surface area contributed by atoms with Gasteiger partial charge in [0.25, 0.3) is 0 Å². The lowest BCUT2D eigenvalue weighted by molar-refractivity contribution is -0.116. The Morgan fingerprint density at radius 1 is 1.21 bits per heavy atom. The molecule has 1 aromatic carbocycles. The highest BCUT2D eigenvalue weighted by atomic mass is 35.5. The SMILES string of the molecule is O=C(/C=C/c1ccc(Cl)cc1Cl)NCCc1nnc2ccccn12. The molecular weight excluding hydrogens is 347 g/mol. The van der Waals surface area contributed by atoms with E-state index in [9.17, 15) is 4.79 Å². The summed E-state index contributed by atoms with van der Waals surface area (Å²) in [5.41, 5.74) is 1.52. The number of carbonyl (C=O) groups is 1. The van der Waals surface area contributed by atoms with Gasteiger partial charge in [-0.15, -0.1) is 10.2 Å². The first-order chi connectivity index (χ1) is 11.6. The maximum Gasteiger partial charge on any atom is 0.244 e. The lowest BCUT2D eigenvalue weighted by Crippen LogP contribution is -2.24. The largest absolute Gasteiger partial charge is 0.352 e. The van der Waals surface area contributed by atoms with Crippen LogP contribution in [-0.2, 0) is 11.2 Å². The molecule has 0 atom stereocenters. The van der Waals surface area contributed by atoms with E-state index in [-0.39, 0.29) is 5.91 Å². The van der Waals surface area contributed by atoms with Crippen LogP contribution >= 0.6 is 23.2 Å². The fourth-order valence-electron chi connectivity index (χ4n) is 2.22.